The maximum Gasteiger partial charge on any atom is 0.218 e. The average Bonchev–Trinajstić information content (AvgIpc) is 2.07. The van der Waals surface area contributed by atoms with E-state index in [1.807, 2.05) is 0 Å². The van der Waals surface area contributed by atoms with Crippen molar-refractivity contribution in [2.75, 3.05) is 12.0 Å². The van der Waals surface area contributed by atoms with Crippen molar-refractivity contribution in [1.82, 2.24) is 14.8 Å². The molecule has 0 aliphatic rings. The van der Waals surface area contributed by atoms with E-state index in [1.165, 1.54) is 4.68 Å². The Kier molecular flexibility index (Phi) is 2.05. The minimum Gasteiger partial charge on any atom is -0.368 e. The van der Waals surface area contributed by atoms with Gasteiger partial charge in [0.15, 0.2) is 15.7 Å². The van der Waals surface area contributed by atoms with E-state index in [9.17, 15) is 8.42 Å². The van der Waals surface area contributed by atoms with E-state index in [0.29, 0.717) is 0 Å². The summed E-state index contributed by atoms with van der Waals surface area (Å²) in [6.07, 6.45) is 1.12. The van der Waals surface area contributed by atoms with E-state index in [0.717, 1.165) is 6.26 Å². The van der Waals surface area contributed by atoms with Crippen molar-refractivity contribution in [2.45, 2.75) is 5.75 Å². The first kappa shape index (κ1) is 8.98. The van der Waals surface area contributed by atoms with E-state index >= 15 is 0 Å². The lowest BCUT2D eigenvalue weighted by Gasteiger charge is -1.89. The van der Waals surface area contributed by atoms with Gasteiger partial charge in [0.2, 0.25) is 5.95 Å². The number of nitrogens with two attached hydrogens (primary N) is 1. The van der Waals surface area contributed by atoms with Crippen molar-refractivity contribution in [1.29, 1.82) is 0 Å². The number of aromatic nitrogens is 3. The number of nitrogens with zero attached hydrogens (tertiary/aromatic N) is 3. The summed E-state index contributed by atoms with van der Waals surface area (Å²) in [7, 11) is -1.47. The van der Waals surface area contributed by atoms with Gasteiger partial charge in [0, 0.05) is 13.3 Å². The van der Waals surface area contributed by atoms with Crippen LogP contribution in [-0.4, -0.2) is 29.4 Å². The second-order valence-electron chi connectivity index (χ2n) is 2.58. The van der Waals surface area contributed by atoms with Crippen LogP contribution in [0.5, 0.6) is 0 Å². The Labute approximate surface area is 70.3 Å². The fourth-order valence-electron chi connectivity index (χ4n) is 0.747. The Morgan fingerprint density at radius 2 is 2.17 bits per heavy atom. The smallest absolute Gasteiger partial charge is 0.218 e. The molecule has 1 heterocycles. The van der Waals surface area contributed by atoms with E-state index in [1.54, 1.807) is 7.05 Å². The van der Waals surface area contributed by atoms with Gasteiger partial charge in [0.05, 0.1) is 0 Å². The molecule has 0 aromatic carbocycles. The van der Waals surface area contributed by atoms with Crippen LogP contribution in [0.1, 0.15) is 5.82 Å². The predicted molar refractivity (Wildman–Crippen MR) is 44.0 cm³/mol. The van der Waals surface area contributed by atoms with Crippen LogP contribution in [0.15, 0.2) is 0 Å². The minimum absolute atomic E-state index is 0.169. The fraction of sp³-hybridized carbons (Fsp3) is 0.600. The molecule has 0 aliphatic carbocycles. The molecule has 12 heavy (non-hydrogen) atoms. The van der Waals surface area contributed by atoms with Gasteiger partial charge in [-0.3, -0.25) is 0 Å². The molecule has 0 saturated carbocycles. The predicted octanol–water partition coefficient (Wildman–Crippen LogP) is -1.06. The van der Waals surface area contributed by atoms with Gasteiger partial charge in [-0.2, -0.15) is 10.1 Å². The topological polar surface area (TPSA) is 90.9 Å². The molecule has 0 aliphatic heterocycles. The maximum absolute atomic E-state index is 10.8. The van der Waals surface area contributed by atoms with Crippen LogP contribution in [0.2, 0.25) is 0 Å². The zero-order chi connectivity index (χ0) is 9.35. The normalized spacial score (nSPS) is 11.8. The van der Waals surface area contributed by atoms with Crippen LogP contribution >= 0.6 is 0 Å². The van der Waals surface area contributed by atoms with Gasteiger partial charge >= 0.3 is 0 Å². The van der Waals surface area contributed by atoms with E-state index in [2.05, 4.69) is 10.1 Å². The standard InChI is InChI=1S/C5H10N4O2S/c1-9-5(6)7-4(8-9)3-12(2,10)11/h3H2,1-2H3,(H2,6,7,8). The summed E-state index contributed by atoms with van der Waals surface area (Å²) in [5.41, 5.74) is 5.35. The van der Waals surface area contributed by atoms with E-state index in [-0.39, 0.29) is 17.5 Å². The summed E-state index contributed by atoms with van der Waals surface area (Å²) in [5, 5.41) is 3.80. The van der Waals surface area contributed by atoms with Crippen LogP contribution in [0.3, 0.4) is 0 Å². The average molecular weight is 190 g/mol. The van der Waals surface area contributed by atoms with Gasteiger partial charge < -0.3 is 5.73 Å². The first-order valence-corrected chi connectivity index (χ1v) is 5.27. The van der Waals surface area contributed by atoms with Crippen molar-refractivity contribution >= 4 is 15.8 Å². The first-order valence-electron chi connectivity index (χ1n) is 3.21. The molecule has 68 valence electrons. The Bertz CT molecular complexity index is 361. The monoisotopic (exact) mass is 190 g/mol. The lowest BCUT2D eigenvalue weighted by atomic mass is 10.7. The second kappa shape index (κ2) is 2.74. The highest BCUT2D eigenvalue weighted by Gasteiger charge is 2.10. The number of hydrogen-bond acceptors (Lipinski definition) is 5. The molecule has 0 radical (unpaired) electrons. The number of anilines is 1. The zero-order valence-corrected chi connectivity index (χ0v) is 7.67. The first-order chi connectivity index (χ1) is 5.38. The van der Waals surface area contributed by atoms with E-state index in [4.69, 9.17) is 5.73 Å². The zero-order valence-electron chi connectivity index (χ0n) is 6.85. The molecule has 0 atom stereocenters. The highest BCUT2D eigenvalue weighted by Crippen LogP contribution is 2.01. The van der Waals surface area contributed by atoms with Crippen LogP contribution < -0.4 is 5.73 Å². The minimum atomic E-state index is -3.07. The lowest BCUT2D eigenvalue weighted by molar-refractivity contribution is 0.599. The number of aryl methyl sites for hydroxylation is 1. The number of sulfone groups is 1. The Balaban J connectivity index is 2.92. The summed E-state index contributed by atoms with van der Waals surface area (Å²) in [4.78, 5) is 3.75. The fourth-order valence-corrected chi connectivity index (χ4v) is 1.34. The van der Waals surface area contributed by atoms with Gasteiger partial charge in [0.1, 0.15) is 5.75 Å². The molecule has 6 nitrogen and oxygen atoms in total. The highest BCUT2D eigenvalue weighted by molar-refractivity contribution is 7.89. The SMILES string of the molecule is Cn1nc(CS(C)(=O)=O)nc1N. The lowest BCUT2D eigenvalue weighted by Crippen LogP contribution is -2.03. The van der Waals surface area contributed by atoms with Gasteiger partial charge in [-0.05, 0) is 0 Å². The van der Waals surface area contributed by atoms with Crippen LogP contribution in [0.4, 0.5) is 5.95 Å². The molecule has 1 aromatic heterocycles. The molecule has 1 aromatic rings. The van der Waals surface area contributed by atoms with Gasteiger partial charge in [-0.15, -0.1) is 0 Å². The Morgan fingerprint density at radius 1 is 1.58 bits per heavy atom. The van der Waals surface area contributed by atoms with Crippen molar-refractivity contribution in [3.63, 3.8) is 0 Å². The van der Waals surface area contributed by atoms with Crippen molar-refractivity contribution in [3.8, 4) is 0 Å². The largest absolute Gasteiger partial charge is 0.368 e. The maximum atomic E-state index is 10.8. The molecule has 2 N–H and O–H groups in total. The molecule has 0 fully saturated rings. The summed E-state index contributed by atoms with van der Waals surface area (Å²) >= 11 is 0. The van der Waals surface area contributed by atoms with Gasteiger partial charge in [-0.25, -0.2) is 13.1 Å². The molecular weight excluding hydrogens is 180 g/mol. The van der Waals surface area contributed by atoms with Crippen molar-refractivity contribution in [3.05, 3.63) is 5.82 Å². The molecule has 0 unspecified atom stereocenters. The summed E-state index contributed by atoms with van der Waals surface area (Å²) in [6, 6.07) is 0. The third kappa shape index (κ3) is 2.19. The molecule has 0 saturated heterocycles. The summed E-state index contributed by atoms with van der Waals surface area (Å²) in [6.45, 7) is 0. The Morgan fingerprint density at radius 3 is 2.50 bits per heavy atom. The van der Waals surface area contributed by atoms with Crippen molar-refractivity contribution in [2.24, 2.45) is 7.05 Å². The van der Waals surface area contributed by atoms with Crippen LogP contribution in [0, 0.1) is 0 Å². The van der Waals surface area contributed by atoms with E-state index < -0.39 is 9.84 Å². The quantitative estimate of drug-likeness (QED) is 0.642. The number of hydrogen-bond donors (Lipinski definition) is 1. The third-order valence-corrected chi connectivity index (χ3v) is 2.01. The number of rotatable bonds is 2. The molecule has 7 heteroatoms. The summed E-state index contributed by atoms with van der Waals surface area (Å²) < 4.78 is 22.9. The van der Waals surface area contributed by atoms with Crippen LogP contribution in [-0.2, 0) is 22.6 Å². The molecule has 0 amide bonds. The number of nitrogen functional groups attached to an aromatic ring is 1. The van der Waals surface area contributed by atoms with Crippen LogP contribution in [0.25, 0.3) is 0 Å². The third-order valence-electron chi connectivity index (χ3n) is 1.23. The molecule has 0 bridgehead atoms. The van der Waals surface area contributed by atoms with Gasteiger partial charge in [0.25, 0.3) is 0 Å². The molecular formula is C5H10N4O2S. The summed E-state index contributed by atoms with van der Waals surface area (Å²) in [5.74, 6) is 0.282. The van der Waals surface area contributed by atoms with Gasteiger partial charge in [-0.1, -0.05) is 0 Å². The highest BCUT2D eigenvalue weighted by atomic mass is 32.2. The molecule has 1 rings (SSSR count). The second-order valence-corrected chi connectivity index (χ2v) is 4.72. The molecule has 0 spiro atoms. The Hall–Kier alpha value is -1.11. The van der Waals surface area contributed by atoms with Crippen molar-refractivity contribution < 1.29 is 8.42 Å².